The Labute approximate surface area is 136 Å². The first-order valence-electron chi connectivity index (χ1n) is 8.42. The van der Waals surface area contributed by atoms with Crippen molar-refractivity contribution in [2.45, 2.75) is 19.3 Å². The second-order valence-electron chi connectivity index (χ2n) is 6.45. The van der Waals surface area contributed by atoms with Crippen LogP contribution in [0.5, 0.6) is 0 Å². The lowest BCUT2D eigenvalue weighted by atomic mass is 10.1. The zero-order valence-electron chi connectivity index (χ0n) is 13.7. The van der Waals surface area contributed by atoms with Crippen molar-refractivity contribution in [2.24, 2.45) is 13.0 Å². The van der Waals surface area contributed by atoms with Gasteiger partial charge >= 0.3 is 0 Å². The molecule has 1 aromatic rings. The molecule has 126 valence electrons. The summed E-state index contributed by atoms with van der Waals surface area (Å²) < 4.78 is 1.31. The number of likely N-dealkylation sites (tertiary alicyclic amines) is 1. The maximum Gasteiger partial charge on any atom is 0.268 e. The van der Waals surface area contributed by atoms with Crippen molar-refractivity contribution in [1.29, 1.82) is 0 Å². The van der Waals surface area contributed by atoms with Gasteiger partial charge in [-0.2, -0.15) is 5.10 Å². The molecule has 2 aliphatic heterocycles. The van der Waals surface area contributed by atoms with Crippen molar-refractivity contribution < 1.29 is 4.79 Å². The van der Waals surface area contributed by atoms with Crippen LogP contribution in [0, 0.1) is 5.92 Å². The van der Waals surface area contributed by atoms with Crippen molar-refractivity contribution >= 4 is 11.6 Å². The number of aryl methyl sites for hydroxylation is 1. The Kier molecular flexibility index (Phi) is 4.95. The number of nitrogens with one attached hydrogen (secondary N) is 1. The predicted octanol–water partition coefficient (Wildman–Crippen LogP) is -0.181. The highest BCUT2D eigenvalue weighted by Crippen LogP contribution is 2.22. The fraction of sp³-hybridized carbons (Fsp3) is 0.688. The number of rotatable bonds is 5. The largest absolute Gasteiger partial charge is 0.369 e. The van der Waals surface area contributed by atoms with Gasteiger partial charge in [0.15, 0.2) is 0 Å². The van der Waals surface area contributed by atoms with E-state index in [1.807, 2.05) is 0 Å². The first-order chi connectivity index (χ1) is 11.1. The molecule has 0 saturated carbocycles. The molecule has 1 atom stereocenters. The number of carbonyl (C=O) groups excluding carboxylic acids is 1. The van der Waals surface area contributed by atoms with Crippen LogP contribution in [0.4, 0.5) is 5.69 Å². The first kappa shape index (κ1) is 16.0. The molecule has 23 heavy (non-hydrogen) atoms. The highest BCUT2D eigenvalue weighted by atomic mass is 16.2. The number of aromatic nitrogens is 2. The summed E-state index contributed by atoms with van der Waals surface area (Å²) in [7, 11) is 1.63. The van der Waals surface area contributed by atoms with E-state index in [9.17, 15) is 9.59 Å². The van der Waals surface area contributed by atoms with E-state index in [1.54, 1.807) is 19.3 Å². The number of amides is 1. The molecule has 0 aromatic carbocycles. The van der Waals surface area contributed by atoms with Gasteiger partial charge < -0.3 is 15.1 Å². The second kappa shape index (κ2) is 7.12. The van der Waals surface area contributed by atoms with Crippen LogP contribution in [-0.4, -0.2) is 59.9 Å². The molecule has 2 fully saturated rings. The van der Waals surface area contributed by atoms with Gasteiger partial charge in [0.2, 0.25) is 5.91 Å². The molecule has 2 saturated heterocycles. The Morgan fingerprint density at radius 3 is 2.87 bits per heavy atom. The van der Waals surface area contributed by atoms with Crippen molar-refractivity contribution in [1.82, 2.24) is 20.0 Å². The molecule has 0 bridgehead atoms. The van der Waals surface area contributed by atoms with Gasteiger partial charge in [0.1, 0.15) is 0 Å². The van der Waals surface area contributed by atoms with Crippen LogP contribution < -0.4 is 15.8 Å². The van der Waals surface area contributed by atoms with E-state index in [-0.39, 0.29) is 17.4 Å². The molecule has 7 nitrogen and oxygen atoms in total. The van der Waals surface area contributed by atoms with Crippen molar-refractivity contribution in [2.75, 3.05) is 44.2 Å². The van der Waals surface area contributed by atoms with Crippen LogP contribution >= 0.6 is 0 Å². The normalized spacial score (nSPS) is 21.8. The van der Waals surface area contributed by atoms with Gasteiger partial charge in [-0.25, -0.2) is 4.68 Å². The lowest BCUT2D eigenvalue weighted by Gasteiger charge is -2.18. The third-order valence-electron chi connectivity index (χ3n) is 4.80. The zero-order chi connectivity index (χ0) is 16.2. The highest BCUT2D eigenvalue weighted by Gasteiger charge is 2.28. The number of nitrogens with zero attached hydrogens (tertiary/aromatic N) is 4. The van der Waals surface area contributed by atoms with Crippen LogP contribution in [0.15, 0.2) is 17.1 Å². The van der Waals surface area contributed by atoms with Gasteiger partial charge in [-0.05, 0) is 32.4 Å². The van der Waals surface area contributed by atoms with E-state index in [1.165, 1.54) is 17.5 Å². The lowest BCUT2D eigenvalue weighted by Crippen LogP contribution is -2.37. The van der Waals surface area contributed by atoms with Crippen molar-refractivity contribution in [3.8, 4) is 0 Å². The van der Waals surface area contributed by atoms with E-state index < -0.39 is 0 Å². The van der Waals surface area contributed by atoms with Crippen LogP contribution in [0.3, 0.4) is 0 Å². The average Bonchev–Trinajstić information content (AvgIpc) is 3.21. The minimum atomic E-state index is -0.124. The summed E-state index contributed by atoms with van der Waals surface area (Å²) in [5.74, 6) is 0.126. The fourth-order valence-corrected chi connectivity index (χ4v) is 3.33. The molecule has 2 aliphatic rings. The quantitative estimate of drug-likeness (QED) is 0.815. The molecule has 3 rings (SSSR count). The highest BCUT2D eigenvalue weighted by molar-refractivity contribution is 5.80. The topological polar surface area (TPSA) is 70.5 Å². The maximum absolute atomic E-state index is 12.3. The summed E-state index contributed by atoms with van der Waals surface area (Å²) in [6.45, 7) is 5.43. The monoisotopic (exact) mass is 319 g/mol. The number of hydrogen-bond donors (Lipinski definition) is 1. The van der Waals surface area contributed by atoms with E-state index in [2.05, 4.69) is 20.2 Å². The molecule has 7 heteroatoms. The van der Waals surface area contributed by atoms with E-state index in [0.29, 0.717) is 6.54 Å². The van der Waals surface area contributed by atoms with Crippen molar-refractivity contribution in [3.05, 3.63) is 22.6 Å². The smallest absolute Gasteiger partial charge is 0.268 e. The Morgan fingerprint density at radius 2 is 2.13 bits per heavy atom. The SMILES string of the molecule is Cn1ncc(N2CCC(C(=O)NCCN3CCCC3)C2)cc1=O. The minimum Gasteiger partial charge on any atom is -0.369 e. The van der Waals surface area contributed by atoms with Gasteiger partial charge in [0.25, 0.3) is 5.56 Å². The summed E-state index contributed by atoms with van der Waals surface area (Å²) in [4.78, 5) is 28.4. The molecular weight excluding hydrogens is 294 g/mol. The number of hydrogen-bond acceptors (Lipinski definition) is 5. The molecule has 0 spiro atoms. The average molecular weight is 319 g/mol. The molecule has 1 amide bonds. The van der Waals surface area contributed by atoms with Gasteiger partial charge in [0, 0.05) is 39.3 Å². The third kappa shape index (κ3) is 3.90. The molecule has 1 unspecified atom stereocenters. The minimum absolute atomic E-state index is 0.00219. The van der Waals surface area contributed by atoms with Crippen LogP contribution in [0.25, 0.3) is 0 Å². The van der Waals surface area contributed by atoms with E-state index >= 15 is 0 Å². The molecule has 3 heterocycles. The summed E-state index contributed by atoms with van der Waals surface area (Å²) in [5, 5.41) is 7.10. The van der Waals surface area contributed by atoms with Crippen molar-refractivity contribution in [3.63, 3.8) is 0 Å². The lowest BCUT2D eigenvalue weighted by molar-refractivity contribution is -0.124. The summed E-state index contributed by atoms with van der Waals surface area (Å²) >= 11 is 0. The Bertz CT molecular complexity index is 609. The second-order valence-corrected chi connectivity index (χ2v) is 6.45. The van der Waals surface area contributed by atoms with Gasteiger partial charge in [-0.3, -0.25) is 9.59 Å². The van der Waals surface area contributed by atoms with Gasteiger partial charge in [-0.15, -0.1) is 0 Å². The zero-order valence-corrected chi connectivity index (χ0v) is 13.7. The van der Waals surface area contributed by atoms with Gasteiger partial charge in [0.05, 0.1) is 17.8 Å². The molecule has 1 aromatic heterocycles. The number of anilines is 1. The molecule has 0 aliphatic carbocycles. The predicted molar refractivity (Wildman–Crippen MR) is 88.5 cm³/mol. The van der Waals surface area contributed by atoms with Gasteiger partial charge in [-0.1, -0.05) is 0 Å². The Hall–Kier alpha value is -1.89. The van der Waals surface area contributed by atoms with Crippen LogP contribution in [0.2, 0.25) is 0 Å². The first-order valence-corrected chi connectivity index (χ1v) is 8.42. The number of carbonyl (C=O) groups is 1. The molecular formula is C16H25N5O2. The maximum atomic E-state index is 12.3. The third-order valence-corrected chi connectivity index (χ3v) is 4.80. The summed E-state index contributed by atoms with van der Waals surface area (Å²) in [6, 6.07) is 1.58. The van der Waals surface area contributed by atoms with Crippen LogP contribution in [0.1, 0.15) is 19.3 Å². The van der Waals surface area contributed by atoms with Crippen LogP contribution in [-0.2, 0) is 11.8 Å². The Balaban J connectivity index is 1.47. The summed E-state index contributed by atoms with van der Waals surface area (Å²) in [6.07, 6.45) is 5.06. The van der Waals surface area contributed by atoms with E-state index in [0.717, 1.165) is 44.8 Å². The molecule has 0 radical (unpaired) electrons. The summed E-state index contributed by atoms with van der Waals surface area (Å²) in [5.41, 5.74) is 0.682. The van der Waals surface area contributed by atoms with E-state index in [4.69, 9.17) is 0 Å². The standard InChI is InChI=1S/C16H25N5O2/c1-19-15(22)10-14(11-18-19)21-8-4-13(12-21)16(23)17-5-9-20-6-2-3-7-20/h10-11,13H,2-9,12H2,1H3,(H,17,23). The molecule has 1 N–H and O–H groups in total. The Morgan fingerprint density at radius 1 is 1.35 bits per heavy atom. The fourth-order valence-electron chi connectivity index (χ4n) is 3.33.